The van der Waals surface area contributed by atoms with Gasteiger partial charge in [0.05, 0.1) is 6.57 Å². The van der Waals surface area contributed by atoms with Crippen molar-refractivity contribution in [2.45, 2.75) is 0 Å². The van der Waals surface area contributed by atoms with Gasteiger partial charge in [0, 0.05) is 0 Å². The predicted octanol–water partition coefficient (Wildman–Crippen LogP) is 1.14. The van der Waals surface area contributed by atoms with Crippen LogP contribution in [0.3, 0.4) is 0 Å². The Bertz CT molecular complexity index is 433. The lowest BCUT2D eigenvalue weighted by Crippen LogP contribution is -2.06. The highest BCUT2D eigenvalue weighted by molar-refractivity contribution is 5.92. The number of nitriles is 1. The fourth-order valence-electron chi connectivity index (χ4n) is 0.645. The van der Waals surface area contributed by atoms with E-state index in [0.29, 0.717) is 0 Å². The van der Waals surface area contributed by atoms with E-state index in [9.17, 15) is 9.59 Å². The smallest absolute Gasteiger partial charge is 0.348 e. The van der Waals surface area contributed by atoms with Crippen molar-refractivity contribution in [1.82, 2.24) is 0 Å². The van der Waals surface area contributed by atoms with Gasteiger partial charge in [0.1, 0.15) is 24.9 Å². The number of esters is 2. The molecule has 0 fully saturated rings. The van der Waals surface area contributed by atoms with Crippen molar-refractivity contribution in [3.63, 3.8) is 0 Å². The molecule has 0 rings (SSSR count). The topological polar surface area (TPSA) is 80.8 Å². The zero-order valence-corrected chi connectivity index (χ0v) is 9.51. The molecule has 0 N–H and O–H groups in total. The summed E-state index contributed by atoms with van der Waals surface area (Å²) in [7, 11) is 0. The van der Waals surface area contributed by atoms with Gasteiger partial charge in [-0.1, -0.05) is 13.2 Å². The third-order valence-electron chi connectivity index (χ3n) is 1.54. The molecule has 0 saturated carbocycles. The molecule has 0 aromatic carbocycles. The van der Waals surface area contributed by atoms with Crippen molar-refractivity contribution >= 4 is 11.9 Å². The van der Waals surface area contributed by atoms with E-state index >= 15 is 0 Å². The van der Waals surface area contributed by atoms with Crippen LogP contribution in [0.4, 0.5) is 0 Å². The van der Waals surface area contributed by atoms with Crippen LogP contribution in [0.15, 0.2) is 36.6 Å². The second-order valence-electron chi connectivity index (χ2n) is 2.82. The molecule has 0 aromatic rings. The fourth-order valence-corrected chi connectivity index (χ4v) is 0.645. The van der Waals surface area contributed by atoms with Gasteiger partial charge in [-0.3, -0.25) is 4.79 Å². The number of carbonyl (C=O) groups is 2. The molecular formula is C12H10N2O4. The van der Waals surface area contributed by atoms with Gasteiger partial charge in [0.25, 0.3) is 5.70 Å². The second-order valence-corrected chi connectivity index (χ2v) is 2.82. The molecule has 0 aliphatic rings. The van der Waals surface area contributed by atoms with Crippen LogP contribution in [0.2, 0.25) is 0 Å². The molecule has 0 heterocycles. The van der Waals surface area contributed by atoms with Crippen LogP contribution in [0.25, 0.3) is 4.85 Å². The SMILES string of the molecule is [C-]#[N+]C(=C)C(=O)OC/C=C/COC(=O)C(=C)C#N. The summed E-state index contributed by atoms with van der Waals surface area (Å²) < 4.78 is 9.24. The molecule has 6 nitrogen and oxygen atoms in total. The van der Waals surface area contributed by atoms with E-state index in [1.165, 1.54) is 12.2 Å². The van der Waals surface area contributed by atoms with Gasteiger partial charge in [0.15, 0.2) is 0 Å². The van der Waals surface area contributed by atoms with Gasteiger partial charge in [-0.25, -0.2) is 9.64 Å². The van der Waals surface area contributed by atoms with Crippen molar-refractivity contribution in [2.75, 3.05) is 13.2 Å². The number of ether oxygens (including phenoxy) is 2. The summed E-state index contributed by atoms with van der Waals surface area (Å²) in [5.74, 6) is -1.61. The Kier molecular flexibility index (Phi) is 6.99. The Morgan fingerprint density at radius 1 is 1.22 bits per heavy atom. The van der Waals surface area contributed by atoms with Crippen molar-refractivity contribution in [1.29, 1.82) is 5.26 Å². The first-order valence-corrected chi connectivity index (χ1v) is 4.67. The van der Waals surface area contributed by atoms with Gasteiger partial charge >= 0.3 is 11.9 Å². The highest BCUT2D eigenvalue weighted by atomic mass is 16.5. The number of carbonyl (C=O) groups excluding carboxylic acids is 2. The van der Waals surface area contributed by atoms with Crippen LogP contribution in [-0.2, 0) is 19.1 Å². The highest BCUT2D eigenvalue weighted by Crippen LogP contribution is 1.96. The lowest BCUT2D eigenvalue weighted by atomic mass is 10.3. The Hall–Kier alpha value is -2.86. The maximum Gasteiger partial charge on any atom is 0.348 e. The molecule has 0 aliphatic carbocycles. The molecule has 0 aliphatic heterocycles. The van der Waals surface area contributed by atoms with Gasteiger partial charge < -0.3 is 9.47 Å². The number of hydrogen-bond donors (Lipinski definition) is 0. The minimum Gasteiger partial charge on any atom is -0.466 e. The predicted molar refractivity (Wildman–Crippen MR) is 61.6 cm³/mol. The lowest BCUT2D eigenvalue weighted by molar-refractivity contribution is -0.138. The van der Waals surface area contributed by atoms with Gasteiger partial charge in [-0.2, -0.15) is 5.26 Å². The summed E-state index contributed by atoms with van der Waals surface area (Å²) in [6.07, 6.45) is 2.86. The molecule has 0 spiro atoms. The molecule has 0 aromatic heterocycles. The number of nitrogens with zero attached hydrogens (tertiary/aromatic N) is 2. The van der Waals surface area contributed by atoms with E-state index in [0.717, 1.165) is 0 Å². The van der Waals surface area contributed by atoms with E-state index in [4.69, 9.17) is 11.8 Å². The number of hydrogen-bond acceptors (Lipinski definition) is 5. The first-order valence-electron chi connectivity index (χ1n) is 4.67. The first kappa shape index (κ1) is 15.1. The summed E-state index contributed by atoms with van der Waals surface area (Å²) in [4.78, 5) is 24.7. The fraction of sp³-hybridized carbons (Fsp3) is 0.167. The van der Waals surface area contributed by atoms with E-state index < -0.39 is 11.9 Å². The van der Waals surface area contributed by atoms with Crippen LogP contribution < -0.4 is 0 Å². The molecule has 0 saturated heterocycles. The summed E-state index contributed by atoms with van der Waals surface area (Å²) in [6.45, 7) is 12.7. The highest BCUT2D eigenvalue weighted by Gasteiger charge is 2.06. The lowest BCUT2D eigenvalue weighted by Gasteiger charge is -1.99. The van der Waals surface area contributed by atoms with Crippen molar-refractivity contribution in [2.24, 2.45) is 0 Å². The minimum absolute atomic E-state index is 0.0654. The Morgan fingerprint density at radius 2 is 1.72 bits per heavy atom. The third kappa shape index (κ3) is 5.89. The molecule has 0 radical (unpaired) electrons. The normalized spacial score (nSPS) is 9.00. The van der Waals surface area contributed by atoms with Crippen LogP contribution in [-0.4, -0.2) is 25.2 Å². The molecule has 0 atom stereocenters. The minimum atomic E-state index is -0.805. The standard InChI is InChI=1S/C12H10N2O4/c1-9(8-13)11(15)17-6-4-5-7-18-12(16)10(2)14-3/h4-5H,1-2,6-7H2/b5-4+. The van der Waals surface area contributed by atoms with E-state index in [1.54, 1.807) is 6.07 Å². The molecule has 0 unspecified atom stereocenters. The van der Waals surface area contributed by atoms with Crippen LogP contribution >= 0.6 is 0 Å². The maximum atomic E-state index is 10.9. The van der Waals surface area contributed by atoms with Crippen LogP contribution in [0.1, 0.15) is 0 Å². The zero-order chi connectivity index (χ0) is 14.0. The van der Waals surface area contributed by atoms with E-state index in [-0.39, 0.29) is 24.5 Å². The van der Waals surface area contributed by atoms with Crippen molar-refractivity contribution in [3.8, 4) is 6.07 Å². The second kappa shape index (κ2) is 8.31. The van der Waals surface area contributed by atoms with E-state index in [2.05, 4.69) is 27.5 Å². The average molecular weight is 246 g/mol. The van der Waals surface area contributed by atoms with E-state index in [1.807, 2.05) is 0 Å². The molecule has 92 valence electrons. The number of rotatable bonds is 6. The van der Waals surface area contributed by atoms with Gasteiger partial charge in [0.2, 0.25) is 0 Å². The van der Waals surface area contributed by atoms with Crippen LogP contribution in [0.5, 0.6) is 0 Å². The molecule has 0 amide bonds. The van der Waals surface area contributed by atoms with Gasteiger partial charge in [-0.05, 0) is 12.2 Å². The van der Waals surface area contributed by atoms with Crippen molar-refractivity contribution in [3.05, 3.63) is 48.0 Å². The third-order valence-corrected chi connectivity index (χ3v) is 1.54. The Balaban J connectivity index is 3.82. The molecule has 0 bridgehead atoms. The Labute approximate surface area is 104 Å². The monoisotopic (exact) mass is 246 g/mol. The van der Waals surface area contributed by atoms with Crippen molar-refractivity contribution < 1.29 is 19.1 Å². The Morgan fingerprint density at radius 3 is 2.17 bits per heavy atom. The zero-order valence-electron chi connectivity index (χ0n) is 9.51. The molecule has 18 heavy (non-hydrogen) atoms. The quantitative estimate of drug-likeness (QED) is 0.231. The maximum absolute atomic E-state index is 10.9. The molecule has 6 heteroatoms. The summed E-state index contributed by atoms with van der Waals surface area (Å²) in [5, 5.41) is 8.32. The average Bonchev–Trinajstić information content (AvgIpc) is 2.39. The first-order chi connectivity index (χ1) is 8.52. The largest absolute Gasteiger partial charge is 0.466 e. The van der Waals surface area contributed by atoms with Crippen LogP contribution in [0, 0.1) is 17.9 Å². The summed E-state index contributed by atoms with van der Waals surface area (Å²) in [5.41, 5.74) is -0.594. The van der Waals surface area contributed by atoms with Gasteiger partial charge in [-0.15, -0.1) is 0 Å². The summed E-state index contributed by atoms with van der Waals surface area (Å²) >= 11 is 0. The molecular weight excluding hydrogens is 236 g/mol. The summed E-state index contributed by atoms with van der Waals surface area (Å²) in [6, 6.07) is 1.55.